The fraction of sp³-hybridized carbons (Fsp3) is 0.455. The molecule has 3 aliphatic rings. The predicted molar refractivity (Wildman–Crippen MR) is 112 cm³/mol. The topological polar surface area (TPSA) is 99.6 Å². The number of imidazole rings is 1. The van der Waals surface area contributed by atoms with Gasteiger partial charge in [-0.3, -0.25) is 24.6 Å². The van der Waals surface area contributed by atoms with Crippen molar-refractivity contribution in [3.05, 3.63) is 53.1 Å². The summed E-state index contributed by atoms with van der Waals surface area (Å²) in [6.07, 6.45) is 4.43. The minimum absolute atomic E-state index is 0.135. The lowest BCUT2D eigenvalue weighted by Crippen LogP contribution is -2.52. The highest BCUT2D eigenvalue weighted by molar-refractivity contribution is 6.05. The molecule has 1 aromatic carbocycles. The van der Waals surface area contributed by atoms with Crippen LogP contribution < -0.4 is 10.6 Å². The zero-order chi connectivity index (χ0) is 21.5. The van der Waals surface area contributed by atoms with Gasteiger partial charge in [0.1, 0.15) is 11.9 Å². The van der Waals surface area contributed by atoms with Gasteiger partial charge in [0.15, 0.2) is 0 Å². The molecule has 9 nitrogen and oxygen atoms in total. The lowest BCUT2D eigenvalue weighted by atomic mass is 10.0. The second-order valence-corrected chi connectivity index (χ2v) is 8.48. The smallest absolute Gasteiger partial charge is 0.255 e. The minimum Gasteiger partial charge on any atom is -0.337 e. The first-order valence-corrected chi connectivity index (χ1v) is 10.7. The van der Waals surface area contributed by atoms with Crippen molar-refractivity contribution in [3.8, 4) is 0 Å². The number of amides is 3. The van der Waals surface area contributed by atoms with Crippen molar-refractivity contribution in [2.75, 3.05) is 19.6 Å². The molecule has 0 aliphatic carbocycles. The Balaban J connectivity index is 1.34. The summed E-state index contributed by atoms with van der Waals surface area (Å²) >= 11 is 0. The van der Waals surface area contributed by atoms with Crippen LogP contribution in [0.4, 0.5) is 0 Å². The molecule has 3 aliphatic heterocycles. The number of piperidine rings is 1. The second kappa shape index (κ2) is 7.90. The maximum atomic E-state index is 12.9. The number of rotatable bonds is 4. The highest BCUT2D eigenvalue weighted by Crippen LogP contribution is 2.29. The first-order valence-electron chi connectivity index (χ1n) is 10.7. The van der Waals surface area contributed by atoms with Crippen LogP contribution in [0.5, 0.6) is 0 Å². The maximum absolute atomic E-state index is 12.9. The van der Waals surface area contributed by atoms with Crippen LogP contribution in [0, 0.1) is 0 Å². The molecule has 2 atom stereocenters. The highest BCUT2D eigenvalue weighted by atomic mass is 16.2. The fourth-order valence-corrected chi connectivity index (χ4v) is 4.85. The number of fused-ring (bicyclic) bond motifs is 1. The van der Waals surface area contributed by atoms with Crippen molar-refractivity contribution in [1.29, 1.82) is 0 Å². The first-order chi connectivity index (χ1) is 15.0. The zero-order valence-electron chi connectivity index (χ0n) is 17.5. The van der Waals surface area contributed by atoms with Crippen LogP contribution in [0.3, 0.4) is 0 Å². The Morgan fingerprint density at radius 3 is 2.84 bits per heavy atom. The second-order valence-electron chi connectivity index (χ2n) is 8.48. The van der Waals surface area contributed by atoms with E-state index >= 15 is 0 Å². The molecular formula is C22H26N6O3. The number of benzene rings is 1. The summed E-state index contributed by atoms with van der Waals surface area (Å²) in [4.78, 5) is 45.1. The summed E-state index contributed by atoms with van der Waals surface area (Å²) in [6.45, 7) is 3.85. The molecular weight excluding hydrogens is 396 g/mol. The standard InChI is InChI=1S/C22H26N6O3/c1-26-8-7-24-20(26)18-11-23-6-9-27(18)12-14-2-3-16-15(10-14)13-28(22(16)31)17-4-5-19(29)25-21(17)30/h2-3,7-8,10,17-18,23H,4-6,9,11-13H2,1H3,(H,25,29,30). The lowest BCUT2D eigenvalue weighted by Gasteiger charge is -2.35. The number of piperazine rings is 1. The van der Waals surface area contributed by atoms with E-state index < -0.39 is 6.04 Å². The van der Waals surface area contributed by atoms with Crippen molar-refractivity contribution in [2.24, 2.45) is 7.05 Å². The Hall–Kier alpha value is -3.04. The molecule has 0 saturated carbocycles. The van der Waals surface area contributed by atoms with Crippen LogP contribution in [-0.4, -0.2) is 62.7 Å². The van der Waals surface area contributed by atoms with Gasteiger partial charge in [-0.25, -0.2) is 4.98 Å². The number of hydrogen-bond acceptors (Lipinski definition) is 6. The summed E-state index contributed by atoms with van der Waals surface area (Å²) in [5.41, 5.74) is 2.73. The van der Waals surface area contributed by atoms with E-state index in [1.807, 2.05) is 31.6 Å². The third kappa shape index (κ3) is 3.64. The molecule has 5 rings (SSSR count). The highest BCUT2D eigenvalue weighted by Gasteiger charge is 2.39. The van der Waals surface area contributed by atoms with Gasteiger partial charge < -0.3 is 14.8 Å². The van der Waals surface area contributed by atoms with Gasteiger partial charge in [0, 0.05) is 64.1 Å². The number of hydrogen-bond donors (Lipinski definition) is 2. The van der Waals surface area contributed by atoms with Crippen molar-refractivity contribution < 1.29 is 14.4 Å². The number of carbonyl (C=O) groups excluding carboxylic acids is 3. The van der Waals surface area contributed by atoms with Gasteiger partial charge in [0.05, 0.1) is 6.04 Å². The normalized spacial score (nSPS) is 24.4. The number of carbonyl (C=O) groups is 3. The molecule has 2 saturated heterocycles. The molecule has 2 fully saturated rings. The van der Waals surface area contributed by atoms with E-state index in [2.05, 4.69) is 31.2 Å². The van der Waals surface area contributed by atoms with Gasteiger partial charge in [0.25, 0.3) is 5.91 Å². The van der Waals surface area contributed by atoms with E-state index in [1.54, 1.807) is 4.90 Å². The van der Waals surface area contributed by atoms with Crippen molar-refractivity contribution in [2.45, 2.75) is 38.0 Å². The summed E-state index contributed by atoms with van der Waals surface area (Å²) in [6, 6.07) is 5.56. The van der Waals surface area contributed by atoms with Crippen LogP contribution in [-0.2, 0) is 29.7 Å². The van der Waals surface area contributed by atoms with Crippen molar-refractivity contribution >= 4 is 17.7 Å². The molecule has 31 heavy (non-hydrogen) atoms. The van der Waals surface area contributed by atoms with Gasteiger partial charge in [-0.1, -0.05) is 12.1 Å². The number of nitrogens with zero attached hydrogens (tertiary/aromatic N) is 4. The van der Waals surface area contributed by atoms with E-state index in [0.29, 0.717) is 18.5 Å². The first kappa shape index (κ1) is 19.9. The van der Waals surface area contributed by atoms with Gasteiger partial charge >= 0.3 is 0 Å². The Morgan fingerprint density at radius 2 is 2.06 bits per heavy atom. The number of aromatic nitrogens is 2. The molecule has 4 heterocycles. The molecule has 1 aromatic heterocycles. The van der Waals surface area contributed by atoms with Crippen LogP contribution in [0.2, 0.25) is 0 Å². The summed E-state index contributed by atoms with van der Waals surface area (Å²) < 4.78 is 2.06. The molecule has 3 amide bonds. The van der Waals surface area contributed by atoms with E-state index in [-0.39, 0.29) is 30.2 Å². The average Bonchev–Trinajstić information content (AvgIpc) is 3.31. The largest absolute Gasteiger partial charge is 0.337 e. The Morgan fingerprint density at radius 1 is 1.19 bits per heavy atom. The van der Waals surface area contributed by atoms with Gasteiger partial charge in [-0.2, -0.15) is 0 Å². The minimum atomic E-state index is -0.581. The molecule has 0 radical (unpaired) electrons. The predicted octanol–water partition coefficient (Wildman–Crippen LogP) is 0.328. The monoisotopic (exact) mass is 422 g/mol. The summed E-state index contributed by atoms with van der Waals surface area (Å²) in [5.74, 6) is 0.249. The van der Waals surface area contributed by atoms with Crippen molar-refractivity contribution in [3.63, 3.8) is 0 Å². The zero-order valence-corrected chi connectivity index (χ0v) is 17.5. The van der Waals surface area contributed by atoms with E-state index in [9.17, 15) is 14.4 Å². The van der Waals surface area contributed by atoms with Crippen molar-refractivity contribution in [1.82, 2.24) is 30.0 Å². The Labute approximate surface area is 180 Å². The van der Waals surface area contributed by atoms with E-state index in [1.165, 1.54) is 0 Å². The quantitative estimate of drug-likeness (QED) is 0.689. The summed E-state index contributed by atoms with van der Waals surface area (Å²) in [5, 5.41) is 5.80. The fourth-order valence-electron chi connectivity index (χ4n) is 4.85. The number of aryl methyl sites for hydroxylation is 1. The molecule has 0 bridgehead atoms. The third-order valence-corrected chi connectivity index (χ3v) is 6.48. The molecule has 2 N–H and O–H groups in total. The summed E-state index contributed by atoms with van der Waals surface area (Å²) in [7, 11) is 2.01. The molecule has 0 spiro atoms. The van der Waals surface area contributed by atoms with Crippen LogP contribution in [0.25, 0.3) is 0 Å². The Bertz CT molecular complexity index is 1050. The SMILES string of the molecule is Cn1ccnc1C1CNCCN1Cc1ccc2c(c1)CN(C1CCC(=O)NC1=O)C2=O. The average molecular weight is 422 g/mol. The van der Waals surface area contributed by atoms with Crippen LogP contribution in [0.1, 0.15) is 46.2 Å². The molecule has 2 unspecified atom stereocenters. The maximum Gasteiger partial charge on any atom is 0.255 e. The Kier molecular flexibility index (Phi) is 5.07. The lowest BCUT2D eigenvalue weighted by molar-refractivity contribution is -0.136. The van der Waals surface area contributed by atoms with E-state index in [4.69, 9.17) is 0 Å². The molecule has 162 valence electrons. The van der Waals surface area contributed by atoms with Crippen LogP contribution >= 0.6 is 0 Å². The van der Waals surface area contributed by atoms with Gasteiger partial charge in [-0.15, -0.1) is 0 Å². The van der Waals surface area contributed by atoms with E-state index in [0.717, 1.165) is 43.1 Å². The number of nitrogens with one attached hydrogen (secondary N) is 2. The third-order valence-electron chi connectivity index (χ3n) is 6.48. The molecule has 9 heteroatoms. The van der Waals surface area contributed by atoms with Gasteiger partial charge in [0.2, 0.25) is 11.8 Å². The van der Waals surface area contributed by atoms with Crippen LogP contribution in [0.15, 0.2) is 30.6 Å². The molecule has 2 aromatic rings. The number of imide groups is 1. The van der Waals surface area contributed by atoms with Gasteiger partial charge in [-0.05, 0) is 23.6 Å².